The molecule has 0 aromatic rings. The van der Waals surface area contributed by atoms with E-state index in [2.05, 4.69) is 26.1 Å². The van der Waals surface area contributed by atoms with Crippen molar-refractivity contribution in [3.05, 3.63) is 0 Å². The third-order valence-corrected chi connectivity index (χ3v) is 2.33. The van der Waals surface area contributed by atoms with Gasteiger partial charge in [-0.25, -0.2) is 0 Å². The van der Waals surface area contributed by atoms with Crippen LogP contribution in [0.4, 0.5) is 0 Å². The highest BCUT2D eigenvalue weighted by Gasteiger charge is 2.32. The Morgan fingerprint density at radius 3 is 2.27 bits per heavy atom. The lowest BCUT2D eigenvalue weighted by atomic mass is 9.86. The van der Waals surface area contributed by atoms with Crippen molar-refractivity contribution >= 4 is 6.29 Å². The number of hydrogen-bond donors (Lipinski definition) is 1. The van der Waals surface area contributed by atoms with Crippen molar-refractivity contribution in [2.45, 2.75) is 45.7 Å². The molecule has 1 unspecified atom stereocenters. The standard InChI is InChI=1S/C9H16NO/c1-9(2,3)8-5-4-7(6-11)10-8/h7-8,10H,4-5H2,1-3H3/t7-,8?/m0/s1. The molecule has 0 amide bonds. The first-order valence-corrected chi connectivity index (χ1v) is 4.18. The largest absolute Gasteiger partial charge is 0.304 e. The zero-order chi connectivity index (χ0) is 8.48. The van der Waals surface area contributed by atoms with Gasteiger partial charge in [-0.2, -0.15) is 0 Å². The summed E-state index contributed by atoms with van der Waals surface area (Å²) in [5.41, 5.74) is 0.269. The van der Waals surface area contributed by atoms with Gasteiger partial charge in [0.2, 0.25) is 6.29 Å². The summed E-state index contributed by atoms with van der Waals surface area (Å²) >= 11 is 0. The lowest BCUT2D eigenvalue weighted by Crippen LogP contribution is -2.39. The predicted molar refractivity (Wildman–Crippen MR) is 45.1 cm³/mol. The quantitative estimate of drug-likeness (QED) is 0.616. The maximum absolute atomic E-state index is 10.3. The Labute approximate surface area is 68.4 Å². The lowest BCUT2D eigenvalue weighted by Gasteiger charge is -2.27. The fourth-order valence-electron chi connectivity index (χ4n) is 1.52. The highest BCUT2D eigenvalue weighted by atomic mass is 16.1. The van der Waals surface area contributed by atoms with Crippen LogP contribution in [0, 0.1) is 5.41 Å². The van der Waals surface area contributed by atoms with Gasteiger partial charge in [-0.05, 0) is 18.3 Å². The number of hydrogen-bond acceptors (Lipinski definition) is 2. The maximum Gasteiger partial charge on any atom is 0.216 e. The predicted octanol–water partition coefficient (Wildman–Crippen LogP) is 1.26. The zero-order valence-electron chi connectivity index (χ0n) is 7.48. The van der Waals surface area contributed by atoms with E-state index in [1.54, 1.807) is 0 Å². The first-order valence-electron chi connectivity index (χ1n) is 4.18. The molecule has 1 fully saturated rings. The van der Waals surface area contributed by atoms with Crippen molar-refractivity contribution in [1.82, 2.24) is 5.32 Å². The van der Waals surface area contributed by atoms with E-state index in [1.165, 1.54) is 0 Å². The first-order chi connectivity index (χ1) is 5.04. The minimum Gasteiger partial charge on any atom is -0.304 e. The van der Waals surface area contributed by atoms with Crippen molar-refractivity contribution in [3.63, 3.8) is 0 Å². The van der Waals surface area contributed by atoms with Crippen LogP contribution in [0.25, 0.3) is 0 Å². The molecule has 1 rings (SSSR count). The van der Waals surface area contributed by atoms with Crippen molar-refractivity contribution in [2.24, 2.45) is 5.41 Å². The van der Waals surface area contributed by atoms with Gasteiger partial charge in [-0.1, -0.05) is 20.8 Å². The number of carbonyl (C=O) groups excluding carboxylic acids is 1. The fraction of sp³-hybridized carbons (Fsp3) is 0.889. The molecule has 11 heavy (non-hydrogen) atoms. The lowest BCUT2D eigenvalue weighted by molar-refractivity contribution is 0.291. The monoisotopic (exact) mass is 154 g/mol. The summed E-state index contributed by atoms with van der Waals surface area (Å²) in [6, 6.07) is 0.466. The van der Waals surface area contributed by atoms with Crippen LogP contribution in [0.1, 0.15) is 33.6 Å². The van der Waals surface area contributed by atoms with Crippen molar-refractivity contribution in [1.29, 1.82) is 0 Å². The van der Waals surface area contributed by atoms with Crippen molar-refractivity contribution in [3.8, 4) is 0 Å². The van der Waals surface area contributed by atoms with E-state index < -0.39 is 0 Å². The Hall–Kier alpha value is -0.370. The van der Waals surface area contributed by atoms with Crippen LogP contribution in [0.3, 0.4) is 0 Å². The Kier molecular flexibility index (Phi) is 2.33. The third kappa shape index (κ3) is 2.03. The van der Waals surface area contributed by atoms with Gasteiger partial charge >= 0.3 is 0 Å². The molecule has 2 nitrogen and oxygen atoms in total. The molecule has 0 bridgehead atoms. The molecule has 1 saturated heterocycles. The molecular formula is C9H16NO. The van der Waals surface area contributed by atoms with Crippen molar-refractivity contribution < 1.29 is 4.79 Å². The summed E-state index contributed by atoms with van der Waals surface area (Å²) in [6.07, 6.45) is 4.06. The molecule has 0 aromatic heterocycles. The van der Waals surface area contributed by atoms with Crippen LogP contribution in [0.2, 0.25) is 0 Å². The molecule has 1 N–H and O–H groups in total. The molecular weight excluding hydrogens is 138 g/mol. The van der Waals surface area contributed by atoms with E-state index in [0.29, 0.717) is 6.04 Å². The van der Waals surface area contributed by atoms with Gasteiger partial charge in [0.05, 0.1) is 6.04 Å². The Balaban J connectivity index is 2.48. The second-order valence-electron chi connectivity index (χ2n) is 4.33. The van der Waals surface area contributed by atoms with E-state index in [4.69, 9.17) is 0 Å². The van der Waals surface area contributed by atoms with Crippen molar-refractivity contribution in [2.75, 3.05) is 0 Å². The fourth-order valence-corrected chi connectivity index (χ4v) is 1.52. The second kappa shape index (κ2) is 2.94. The zero-order valence-corrected chi connectivity index (χ0v) is 7.48. The summed E-state index contributed by atoms with van der Waals surface area (Å²) in [4.78, 5) is 10.3. The Morgan fingerprint density at radius 1 is 1.36 bits per heavy atom. The van der Waals surface area contributed by atoms with Crippen LogP contribution in [-0.4, -0.2) is 18.4 Å². The highest BCUT2D eigenvalue weighted by molar-refractivity contribution is 5.59. The van der Waals surface area contributed by atoms with Gasteiger partial charge in [-0.15, -0.1) is 0 Å². The molecule has 2 heteroatoms. The van der Waals surface area contributed by atoms with Gasteiger partial charge < -0.3 is 5.32 Å². The van der Waals surface area contributed by atoms with Crippen LogP contribution in [0.5, 0.6) is 0 Å². The summed E-state index contributed by atoms with van der Waals surface area (Å²) in [5, 5.41) is 3.26. The molecule has 1 aliphatic heterocycles. The average molecular weight is 154 g/mol. The van der Waals surface area contributed by atoms with Crippen LogP contribution in [0.15, 0.2) is 0 Å². The van der Waals surface area contributed by atoms with Crippen LogP contribution >= 0.6 is 0 Å². The van der Waals surface area contributed by atoms with Crippen LogP contribution in [-0.2, 0) is 4.79 Å². The summed E-state index contributed by atoms with van der Waals surface area (Å²) in [6.45, 7) is 6.58. The minimum absolute atomic E-state index is 0.0146. The number of rotatable bonds is 1. The second-order valence-corrected chi connectivity index (χ2v) is 4.33. The topological polar surface area (TPSA) is 29.1 Å². The molecule has 0 saturated carbocycles. The summed E-state index contributed by atoms with van der Waals surface area (Å²) < 4.78 is 0. The van der Waals surface area contributed by atoms with Crippen LogP contribution < -0.4 is 5.32 Å². The van der Waals surface area contributed by atoms with E-state index in [9.17, 15) is 4.79 Å². The van der Waals surface area contributed by atoms with Gasteiger partial charge in [0.25, 0.3) is 0 Å². The van der Waals surface area contributed by atoms with E-state index in [0.717, 1.165) is 12.8 Å². The Morgan fingerprint density at radius 2 is 2.00 bits per heavy atom. The maximum atomic E-state index is 10.3. The average Bonchev–Trinajstić information content (AvgIpc) is 2.32. The molecule has 0 aromatic carbocycles. The molecule has 63 valence electrons. The van der Waals surface area contributed by atoms with Gasteiger partial charge in [-0.3, -0.25) is 4.79 Å². The molecule has 2 atom stereocenters. The van der Waals surface area contributed by atoms with Gasteiger partial charge in [0, 0.05) is 6.04 Å². The van der Waals surface area contributed by atoms with Gasteiger partial charge in [0.15, 0.2) is 0 Å². The van der Waals surface area contributed by atoms with E-state index in [-0.39, 0.29) is 11.5 Å². The highest BCUT2D eigenvalue weighted by Crippen LogP contribution is 2.27. The summed E-state index contributed by atoms with van der Waals surface area (Å²) in [5.74, 6) is 0. The SMILES string of the molecule is CC(C)(C)C1CC[C@@H]([C]=O)N1. The van der Waals surface area contributed by atoms with E-state index >= 15 is 0 Å². The molecule has 0 aliphatic carbocycles. The Bertz CT molecular complexity index is 148. The smallest absolute Gasteiger partial charge is 0.216 e. The molecule has 1 radical (unpaired) electrons. The van der Waals surface area contributed by atoms with Gasteiger partial charge in [0.1, 0.15) is 0 Å². The third-order valence-electron chi connectivity index (χ3n) is 2.33. The normalized spacial score (nSPS) is 32.3. The molecule has 1 heterocycles. The molecule has 1 aliphatic rings. The molecule has 0 spiro atoms. The van der Waals surface area contributed by atoms with E-state index in [1.807, 2.05) is 6.29 Å². The minimum atomic E-state index is -0.0146. The number of nitrogens with one attached hydrogen (secondary N) is 1. The summed E-state index contributed by atoms with van der Waals surface area (Å²) in [7, 11) is 0. The first kappa shape index (κ1) is 8.72.